The highest BCUT2D eigenvalue weighted by molar-refractivity contribution is 6.08. The second-order valence-electron chi connectivity index (χ2n) is 22.2. The molecule has 0 bridgehead atoms. The molecule has 0 spiro atoms. The molecule has 0 radical (unpaired) electrons. The molecule has 87 heavy (non-hydrogen) atoms. The molecule has 6 rings (SSSR count). The molecule has 3 aromatic carbocycles. The maximum atomic E-state index is 14.9. The Morgan fingerprint density at radius 1 is 0.759 bits per heavy atom. The Balaban J connectivity index is 0.923. The number of alkyl carbamates (subject to hydrolysis) is 1. The Kier molecular flexibility index (Phi) is 25.7. The number of hydrogen-bond donors (Lipinski definition) is 9. The number of amides is 9. The topological polar surface area (TPSA) is 314 Å². The lowest BCUT2D eigenvalue weighted by Gasteiger charge is -2.28. The molecule has 22 nitrogen and oxygen atoms in total. The third-order valence-electron chi connectivity index (χ3n) is 14.5. The van der Waals surface area contributed by atoms with Crippen molar-refractivity contribution in [2.24, 2.45) is 22.4 Å². The van der Waals surface area contributed by atoms with Gasteiger partial charge in [0.05, 0.1) is 30.7 Å². The van der Waals surface area contributed by atoms with E-state index < -0.39 is 60.9 Å². The Hall–Kier alpha value is -8.80. The van der Waals surface area contributed by atoms with Crippen molar-refractivity contribution in [3.63, 3.8) is 0 Å². The first-order valence-electron chi connectivity index (χ1n) is 29.8. The van der Waals surface area contributed by atoms with Gasteiger partial charge in [0.15, 0.2) is 0 Å². The van der Waals surface area contributed by atoms with E-state index in [-0.39, 0.29) is 73.9 Å². The molecule has 0 saturated heterocycles. The first kappa shape index (κ1) is 67.3. The maximum absolute atomic E-state index is 14.9. The van der Waals surface area contributed by atoms with Crippen molar-refractivity contribution in [1.82, 2.24) is 41.4 Å². The average Bonchev–Trinajstić information content (AvgIpc) is 2.74. The molecule has 1 aromatic heterocycles. The summed E-state index contributed by atoms with van der Waals surface area (Å²) in [5.74, 6) is -6.09. The number of halogens is 2. The minimum absolute atomic E-state index is 0.0737. The number of alkyl halides is 2. The standard InChI is InChI=1S/C63H83F2N13O9/c1-6-9-10-11-14-54(79)76-55(40(4)5)59(83)75-51(13-12-26-68-61(67)85)58(82)72-48-23-17-42(18-24-48)37-87-62(86)71-39-63(64,65)38-70-56(80)43-19-15-41(16-20-43)35-77-29-25-50-47(36-77)31-49(34-69-50)73-57(81)45-22-21-44-30-46(33-53(66)74-52(44)32-45)60(84)78(27-7-2)28-8-3/h15-24,30-32,34,40,51,55H,6-14,25-29,33,35-39H2,1-5H3,(H2,66,74)(H,70,80)(H,71,86)(H,72,82)(H,73,81)(H,75,83)(H,76,79)(H3,67,68,85). The number of nitrogens with two attached hydrogens (primary N) is 2. The number of amidine groups is 1. The average molecular weight is 1200 g/mol. The summed E-state index contributed by atoms with van der Waals surface area (Å²) in [6.45, 7) is 10.4. The van der Waals surface area contributed by atoms with E-state index in [2.05, 4.69) is 53.7 Å². The van der Waals surface area contributed by atoms with E-state index in [9.17, 15) is 47.1 Å². The second kappa shape index (κ2) is 33.2. The van der Waals surface area contributed by atoms with Crippen LogP contribution in [-0.2, 0) is 50.0 Å². The first-order valence-corrected chi connectivity index (χ1v) is 29.8. The van der Waals surface area contributed by atoms with Crippen LogP contribution < -0.4 is 48.7 Å². The van der Waals surface area contributed by atoms with Crippen LogP contribution in [0.1, 0.15) is 147 Å². The molecule has 9 amide bonds. The number of unbranched alkanes of at least 4 members (excludes halogenated alkanes) is 3. The van der Waals surface area contributed by atoms with E-state index >= 15 is 0 Å². The van der Waals surface area contributed by atoms with Gasteiger partial charge in [-0.1, -0.05) is 84.2 Å². The van der Waals surface area contributed by atoms with E-state index in [4.69, 9.17) is 16.2 Å². The zero-order chi connectivity index (χ0) is 63.0. The second-order valence-corrected chi connectivity index (χ2v) is 22.2. The van der Waals surface area contributed by atoms with Crippen LogP contribution in [0, 0.1) is 5.92 Å². The van der Waals surface area contributed by atoms with Crippen molar-refractivity contribution in [2.45, 2.75) is 143 Å². The number of aromatic nitrogens is 1. The molecule has 2 aliphatic rings. The lowest BCUT2D eigenvalue weighted by molar-refractivity contribution is -0.132. The summed E-state index contributed by atoms with van der Waals surface area (Å²) in [4.78, 5) is 116. The number of benzene rings is 3. The maximum Gasteiger partial charge on any atom is 0.407 e. The third-order valence-corrected chi connectivity index (χ3v) is 14.5. The summed E-state index contributed by atoms with van der Waals surface area (Å²) in [6.07, 6.45) is 9.11. The number of aliphatic imine (C=N–C) groups is 1. The number of nitrogens with one attached hydrogen (secondary N) is 7. The van der Waals surface area contributed by atoms with Crippen LogP contribution >= 0.6 is 0 Å². The number of carbonyl (C=O) groups excluding carboxylic acids is 8. The molecule has 3 heterocycles. The Morgan fingerprint density at radius 2 is 1.46 bits per heavy atom. The summed E-state index contributed by atoms with van der Waals surface area (Å²) in [5.41, 5.74) is 17.7. The smallest absolute Gasteiger partial charge is 0.407 e. The van der Waals surface area contributed by atoms with Gasteiger partial charge in [-0.25, -0.2) is 23.4 Å². The van der Waals surface area contributed by atoms with E-state index in [0.29, 0.717) is 84.9 Å². The van der Waals surface area contributed by atoms with Crippen LogP contribution in [0.15, 0.2) is 89.6 Å². The normalized spacial score (nSPS) is 13.7. The molecule has 2 aliphatic heterocycles. The molecule has 0 aliphatic carbocycles. The minimum atomic E-state index is -3.54. The van der Waals surface area contributed by atoms with E-state index in [1.165, 1.54) is 12.1 Å². The molecule has 2 atom stereocenters. The van der Waals surface area contributed by atoms with Crippen LogP contribution in [0.5, 0.6) is 0 Å². The number of hydrogen-bond acceptors (Lipinski definition) is 13. The van der Waals surface area contributed by atoms with Gasteiger partial charge in [0.1, 0.15) is 24.5 Å². The number of nitrogens with zero attached hydrogens (tertiary/aromatic N) is 4. The van der Waals surface area contributed by atoms with Gasteiger partial charge in [-0.15, -0.1) is 0 Å². The van der Waals surface area contributed by atoms with E-state index in [0.717, 1.165) is 48.9 Å². The fraction of sp³-hybridized carbons (Fsp3) is 0.460. The summed E-state index contributed by atoms with van der Waals surface area (Å²) in [6, 6.07) is 17.0. The van der Waals surface area contributed by atoms with Gasteiger partial charge in [0.2, 0.25) is 23.6 Å². The molecular formula is C63H83F2N13O9. The molecule has 4 aromatic rings. The van der Waals surface area contributed by atoms with Gasteiger partial charge in [0.25, 0.3) is 17.7 Å². The summed E-state index contributed by atoms with van der Waals surface area (Å²) < 4.78 is 35.0. The summed E-state index contributed by atoms with van der Waals surface area (Å²) >= 11 is 0. The van der Waals surface area contributed by atoms with Crippen LogP contribution in [0.25, 0.3) is 6.08 Å². The number of anilines is 2. The minimum Gasteiger partial charge on any atom is -0.445 e. The fourth-order valence-electron chi connectivity index (χ4n) is 9.87. The molecule has 0 saturated carbocycles. The van der Waals surface area contributed by atoms with Crippen molar-refractivity contribution < 1.29 is 51.9 Å². The lowest BCUT2D eigenvalue weighted by Crippen LogP contribution is -2.54. The van der Waals surface area contributed by atoms with E-state index in [1.807, 2.05) is 30.1 Å². The van der Waals surface area contributed by atoms with Crippen molar-refractivity contribution in [3.05, 3.63) is 124 Å². The predicted octanol–water partition coefficient (Wildman–Crippen LogP) is 7.59. The van der Waals surface area contributed by atoms with Crippen LogP contribution in [0.2, 0.25) is 0 Å². The molecular weight excluding hydrogens is 1120 g/mol. The highest BCUT2D eigenvalue weighted by Crippen LogP contribution is 2.30. The van der Waals surface area contributed by atoms with Crippen molar-refractivity contribution in [1.29, 1.82) is 0 Å². The summed E-state index contributed by atoms with van der Waals surface area (Å²) in [5, 5.41) is 17.9. The van der Waals surface area contributed by atoms with Crippen molar-refractivity contribution in [3.8, 4) is 0 Å². The summed E-state index contributed by atoms with van der Waals surface area (Å²) in [7, 11) is 0. The van der Waals surface area contributed by atoms with Crippen molar-refractivity contribution >= 4 is 76.5 Å². The van der Waals surface area contributed by atoms with Gasteiger partial charge in [-0.05, 0) is 103 Å². The van der Waals surface area contributed by atoms with Gasteiger partial charge >= 0.3 is 12.1 Å². The Bertz CT molecular complexity index is 3110. The number of carbonyl (C=O) groups is 8. The van der Waals surface area contributed by atoms with Crippen LogP contribution in [0.3, 0.4) is 0 Å². The first-order chi connectivity index (χ1) is 41.6. The van der Waals surface area contributed by atoms with Gasteiger partial charge in [0, 0.05) is 92.2 Å². The molecule has 24 heteroatoms. The SMILES string of the molecule is CCCCCCC(=O)NC(C(=O)NC(CCCNC(N)=O)C(=O)Nc1ccc(COC(=O)NCC(F)(F)CNC(=O)c2ccc(CN3CCc4ncc(NC(=O)c5ccc6c(c5)N=C(N)CC(C(=O)N(CCC)CCC)=C6)cc4C3)cc2)cc1)C(C)C. The molecule has 0 fully saturated rings. The van der Waals surface area contributed by atoms with Gasteiger partial charge in [-0.3, -0.25) is 38.7 Å². The number of rotatable bonds is 31. The van der Waals surface area contributed by atoms with Crippen LogP contribution in [0.4, 0.5) is 35.4 Å². The fourth-order valence-corrected chi connectivity index (χ4v) is 9.87. The number of fused-ring (bicyclic) bond motifs is 2. The third kappa shape index (κ3) is 21.6. The molecule has 11 N–H and O–H groups in total. The Morgan fingerprint density at radius 3 is 2.15 bits per heavy atom. The van der Waals surface area contributed by atoms with Crippen LogP contribution in [-0.4, -0.2) is 125 Å². The molecule has 2 unspecified atom stereocenters. The lowest BCUT2D eigenvalue weighted by atomic mass is 10.0. The van der Waals surface area contributed by atoms with E-state index in [1.54, 1.807) is 80.7 Å². The number of ether oxygens (including phenoxy) is 1. The van der Waals surface area contributed by atoms with Crippen molar-refractivity contribution in [2.75, 3.05) is 49.9 Å². The van der Waals surface area contributed by atoms with Gasteiger partial charge in [-0.2, -0.15) is 0 Å². The number of urea groups is 1. The monoisotopic (exact) mass is 1200 g/mol. The molecule has 468 valence electrons. The zero-order valence-corrected chi connectivity index (χ0v) is 50.3. The predicted molar refractivity (Wildman–Crippen MR) is 329 cm³/mol. The quantitative estimate of drug-likeness (QED) is 0.0220. The largest absolute Gasteiger partial charge is 0.445 e. The number of pyridine rings is 1. The zero-order valence-electron chi connectivity index (χ0n) is 50.3. The number of primary amides is 1. The van der Waals surface area contributed by atoms with Gasteiger partial charge < -0.3 is 58.3 Å². The highest BCUT2D eigenvalue weighted by Gasteiger charge is 2.32. The highest BCUT2D eigenvalue weighted by atomic mass is 19.3. The Labute approximate surface area is 506 Å².